The molecule has 3 heteroatoms. The van der Waals surface area contributed by atoms with E-state index < -0.39 is 0 Å². The Labute approximate surface area is 54.3 Å². The first-order valence-corrected chi connectivity index (χ1v) is 3.09. The Bertz CT molecular complexity index is 157. The summed E-state index contributed by atoms with van der Waals surface area (Å²) < 4.78 is 0. The van der Waals surface area contributed by atoms with E-state index in [9.17, 15) is 0 Å². The Kier molecular flexibility index (Phi) is 1.85. The molecule has 0 aliphatic rings. The summed E-state index contributed by atoms with van der Waals surface area (Å²) in [6.45, 7) is 2.05. The molecule has 0 radical (unpaired) electrons. The van der Waals surface area contributed by atoms with E-state index in [2.05, 4.69) is 17.1 Å². The third-order valence-corrected chi connectivity index (χ3v) is 1.39. The fourth-order valence-corrected chi connectivity index (χ4v) is 0.699. The molecule has 0 aromatic carbocycles. The molecule has 0 unspecified atom stereocenters. The molecular weight excluding hydrogens is 114 g/mol. The predicted octanol–water partition coefficient (Wildman–Crippen LogP) is 0.819. The van der Waals surface area contributed by atoms with Gasteiger partial charge >= 0.3 is 0 Å². The van der Waals surface area contributed by atoms with Gasteiger partial charge in [0.15, 0.2) is 0 Å². The zero-order chi connectivity index (χ0) is 6.69. The second-order valence-corrected chi connectivity index (χ2v) is 2.05. The molecule has 9 heavy (non-hydrogen) atoms. The number of H-pyrrole nitrogens is 1. The van der Waals surface area contributed by atoms with Crippen LogP contribution in [0.1, 0.15) is 24.9 Å². The highest BCUT2D eigenvalue weighted by Crippen LogP contribution is 2.09. The Morgan fingerprint density at radius 3 is 3.11 bits per heavy atom. The maximum absolute atomic E-state index is 5.68. The number of hydrogen-bond donors (Lipinski definition) is 2. The monoisotopic (exact) mass is 125 g/mol. The minimum Gasteiger partial charge on any atom is -0.324 e. The molecule has 0 amide bonds. The summed E-state index contributed by atoms with van der Waals surface area (Å²) in [7, 11) is 0. The summed E-state index contributed by atoms with van der Waals surface area (Å²) in [6, 6.07) is 0.142. The van der Waals surface area contributed by atoms with E-state index in [1.165, 1.54) is 0 Å². The van der Waals surface area contributed by atoms with Crippen molar-refractivity contribution in [3.8, 4) is 0 Å². The molecule has 0 spiro atoms. The van der Waals surface area contributed by atoms with Crippen molar-refractivity contribution in [3.63, 3.8) is 0 Å². The summed E-state index contributed by atoms with van der Waals surface area (Å²) in [6.07, 6.45) is 4.54. The van der Waals surface area contributed by atoms with Crippen molar-refractivity contribution < 1.29 is 0 Å². The van der Waals surface area contributed by atoms with E-state index in [1.807, 2.05) is 6.20 Å². The van der Waals surface area contributed by atoms with Crippen LogP contribution in [-0.4, -0.2) is 10.2 Å². The molecule has 1 aromatic heterocycles. The second-order valence-electron chi connectivity index (χ2n) is 2.05. The number of nitrogens with one attached hydrogen (secondary N) is 1. The first-order valence-electron chi connectivity index (χ1n) is 3.09. The number of rotatable bonds is 2. The van der Waals surface area contributed by atoms with Gasteiger partial charge in [0.05, 0.1) is 6.20 Å². The molecule has 1 heterocycles. The largest absolute Gasteiger partial charge is 0.324 e. The van der Waals surface area contributed by atoms with Crippen molar-refractivity contribution >= 4 is 0 Å². The summed E-state index contributed by atoms with van der Waals surface area (Å²) in [5, 5.41) is 6.50. The highest BCUT2D eigenvalue weighted by Gasteiger charge is 2.01. The number of hydrogen-bond acceptors (Lipinski definition) is 2. The van der Waals surface area contributed by atoms with E-state index in [0.717, 1.165) is 12.0 Å². The molecule has 0 aliphatic heterocycles. The van der Waals surface area contributed by atoms with Crippen LogP contribution in [-0.2, 0) is 0 Å². The first kappa shape index (κ1) is 6.29. The van der Waals surface area contributed by atoms with Crippen molar-refractivity contribution in [1.82, 2.24) is 10.2 Å². The lowest BCUT2D eigenvalue weighted by molar-refractivity contribution is 0.699. The van der Waals surface area contributed by atoms with Crippen LogP contribution in [0.15, 0.2) is 12.4 Å². The molecule has 50 valence electrons. The molecule has 3 nitrogen and oxygen atoms in total. The molecule has 0 aliphatic carbocycles. The standard InChI is InChI=1S/C6H11N3/c1-2-6(7)5-3-8-9-4-5/h3-4,6H,2,7H2,1H3,(H,8,9)/t6-/m1/s1. The fourth-order valence-electron chi connectivity index (χ4n) is 0.699. The lowest BCUT2D eigenvalue weighted by Gasteiger charge is -2.02. The highest BCUT2D eigenvalue weighted by molar-refractivity contribution is 5.07. The van der Waals surface area contributed by atoms with Gasteiger partial charge in [-0.25, -0.2) is 0 Å². The van der Waals surface area contributed by atoms with Gasteiger partial charge in [-0.05, 0) is 6.42 Å². The Morgan fingerprint density at radius 2 is 2.67 bits per heavy atom. The summed E-state index contributed by atoms with van der Waals surface area (Å²) >= 11 is 0. The van der Waals surface area contributed by atoms with Gasteiger partial charge in [0.1, 0.15) is 0 Å². The number of aromatic amines is 1. The van der Waals surface area contributed by atoms with Gasteiger partial charge in [0.25, 0.3) is 0 Å². The molecule has 3 N–H and O–H groups in total. The van der Waals surface area contributed by atoms with Crippen LogP contribution in [0.4, 0.5) is 0 Å². The van der Waals surface area contributed by atoms with Crippen LogP contribution in [0.3, 0.4) is 0 Å². The van der Waals surface area contributed by atoms with Crippen LogP contribution in [0, 0.1) is 0 Å². The third kappa shape index (κ3) is 1.29. The zero-order valence-electron chi connectivity index (χ0n) is 5.46. The van der Waals surface area contributed by atoms with E-state index in [1.54, 1.807) is 6.20 Å². The average molecular weight is 125 g/mol. The molecule has 0 saturated heterocycles. The first-order chi connectivity index (χ1) is 4.34. The van der Waals surface area contributed by atoms with Gasteiger partial charge in [-0.1, -0.05) is 6.92 Å². The van der Waals surface area contributed by atoms with Gasteiger partial charge in [-0.15, -0.1) is 0 Å². The van der Waals surface area contributed by atoms with Crippen LogP contribution in [0.2, 0.25) is 0 Å². The van der Waals surface area contributed by atoms with E-state index in [-0.39, 0.29) is 6.04 Å². The highest BCUT2D eigenvalue weighted by atomic mass is 15.1. The molecule has 0 fully saturated rings. The fraction of sp³-hybridized carbons (Fsp3) is 0.500. The minimum atomic E-state index is 0.142. The molecular formula is C6H11N3. The maximum atomic E-state index is 5.68. The van der Waals surface area contributed by atoms with Crippen molar-refractivity contribution in [2.45, 2.75) is 19.4 Å². The lowest BCUT2D eigenvalue weighted by atomic mass is 10.1. The predicted molar refractivity (Wildman–Crippen MR) is 35.8 cm³/mol. The van der Waals surface area contributed by atoms with Crippen LogP contribution >= 0.6 is 0 Å². The Hall–Kier alpha value is -0.830. The topological polar surface area (TPSA) is 54.7 Å². The van der Waals surface area contributed by atoms with Gasteiger partial charge in [0.2, 0.25) is 0 Å². The lowest BCUT2D eigenvalue weighted by Crippen LogP contribution is -2.06. The van der Waals surface area contributed by atoms with Crippen molar-refractivity contribution in [2.75, 3.05) is 0 Å². The zero-order valence-corrected chi connectivity index (χ0v) is 5.46. The quantitative estimate of drug-likeness (QED) is 0.614. The molecule has 0 bridgehead atoms. The van der Waals surface area contributed by atoms with Gasteiger partial charge in [-0.2, -0.15) is 5.10 Å². The number of nitrogens with zero attached hydrogens (tertiary/aromatic N) is 1. The second kappa shape index (κ2) is 2.64. The third-order valence-electron chi connectivity index (χ3n) is 1.39. The smallest absolute Gasteiger partial charge is 0.0535 e. The van der Waals surface area contributed by atoms with Crippen molar-refractivity contribution in [1.29, 1.82) is 0 Å². The van der Waals surface area contributed by atoms with Gasteiger partial charge in [-0.3, -0.25) is 5.10 Å². The molecule has 1 aromatic rings. The van der Waals surface area contributed by atoms with E-state index in [0.29, 0.717) is 0 Å². The van der Waals surface area contributed by atoms with Gasteiger partial charge < -0.3 is 5.73 Å². The summed E-state index contributed by atoms with van der Waals surface area (Å²) in [5.74, 6) is 0. The molecule has 0 saturated carbocycles. The SMILES string of the molecule is CC[C@@H](N)c1cn[nH]c1. The Balaban J connectivity index is 2.65. The number of nitrogens with two attached hydrogens (primary N) is 1. The molecule has 1 atom stereocenters. The average Bonchev–Trinajstić information content (AvgIpc) is 2.37. The van der Waals surface area contributed by atoms with Crippen LogP contribution in [0.5, 0.6) is 0 Å². The summed E-state index contributed by atoms with van der Waals surface area (Å²) in [5.41, 5.74) is 6.76. The van der Waals surface area contributed by atoms with Gasteiger partial charge in [0, 0.05) is 17.8 Å². The van der Waals surface area contributed by atoms with E-state index >= 15 is 0 Å². The summed E-state index contributed by atoms with van der Waals surface area (Å²) in [4.78, 5) is 0. The van der Waals surface area contributed by atoms with Crippen LogP contribution in [0.25, 0.3) is 0 Å². The molecule has 1 rings (SSSR count). The van der Waals surface area contributed by atoms with Crippen molar-refractivity contribution in [2.24, 2.45) is 5.73 Å². The van der Waals surface area contributed by atoms with Crippen molar-refractivity contribution in [3.05, 3.63) is 18.0 Å². The minimum absolute atomic E-state index is 0.142. The normalized spacial score (nSPS) is 13.6. The maximum Gasteiger partial charge on any atom is 0.0535 e. The number of aromatic nitrogens is 2. The van der Waals surface area contributed by atoms with E-state index in [4.69, 9.17) is 5.73 Å². The Morgan fingerprint density at radius 1 is 1.89 bits per heavy atom. The van der Waals surface area contributed by atoms with Crippen LogP contribution < -0.4 is 5.73 Å².